The lowest BCUT2D eigenvalue weighted by molar-refractivity contribution is -0.132. The van der Waals surface area contributed by atoms with E-state index < -0.39 is 0 Å². The number of piperidine rings is 1. The second kappa shape index (κ2) is 7.97. The molecule has 33 heavy (non-hydrogen) atoms. The third-order valence-electron chi connectivity index (χ3n) is 9.58. The molecule has 4 aliphatic carbocycles. The van der Waals surface area contributed by atoms with Crippen molar-refractivity contribution in [1.82, 2.24) is 15.5 Å². The minimum Gasteiger partial charge on any atom is -0.329 e. The number of carbonyl (C=O) groups excluding carboxylic acids is 2. The van der Waals surface area contributed by atoms with Crippen LogP contribution in [0.15, 0.2) is 30.5 Å². The minimum absolute atomic E-state index is 0.00574. The van der Waals surface area contributed by atoms with E-state index in [0.717, 1.165) is 35.6 Å². The summed E-state index contributed by atoms with van der Waals surface area (Å²) < 4.78 is 0. The van der Waals surface area contributed by atoms with Crippen molar-refractivity contribution < 1.29 is 9.59 Å². The molecule has 2 bridgehead atoms. The highest BCUT2D eigenvalue weighted by Crippen LogP contribution is 2.66. The Bertz CT molecular complexity index is 984. The third-order valence-corrected chi connectivity index (χ3v) is 9.58. The molecule has 2 heterocycles. The van der Waals surface area contributed by atoms with Gasteiger partial charge in [0.25, 0.3) is 5.91 Å². The molecular weight excluding hydrogens is 410 g/mol. The minimum atomic E-state index is -0.385. The zero-order valence-electron chi connectivity index (χ0n) is 19.9. The molecule has 2 amide bonds. The van der Waals surface area contributed by atoms with E-state index in [2.05, 4.69) is 36.3 Å². The van der Waals surface area contributed by atoms with Gasteiger partial charge in [-0.05, 0) is 92.7 Å². The average molecular weight is 448 g/mol. The molecule has 1 saturated heterocycles. The summed E-state index contributed by atoms with van der Waals surface area (Å²) >= 11 is 0. The molecule has 176 valence electrons. The van der Waals surface area contributed by atoms with Crippen LogP contribution in [-0.4, -0.2) is 34.8 Å². The van der Waals surface area contributed by atoms with E-state index in [1.165, 1.54) is 50.5 Å². The Hall–Kier alpha value is -2.14. The lowest BCUT2D eigenvalue weighted by Gasteiger charge is -2.65. The maximum absolute atomic E-state index is 13.0. The molecule has 6 aliphatic rings. The molecule has 5 fully saturated rings. The summed E-state index contributed by atoms with van der Waals surface area (Å²) in [6, 6.07) is 7.25. The quantitative estimate of drug-likeness (QED) is 0.683. The number of hydrogen-bond acceptors (Lipinski definition) is 3. The van der Waals surface area contributed by atoms with E-state index in [9.17, 15) is 9.59 Å². The number of rotatable bonds is 6. The number of allylic oxidation sites excluding steroid dienone is 1. The molecule has 4 saturated carbocycles. The van der Waals surface area contributed by atoms with Crippen molar-refractivity contribution in [3.05, 3.63) is 47.2 Å². The van der Waals surface area contributed by atoms with Gasteiger partial charge in [0.15, 0.2) is 0 Å². The Balaban J connectivity index is 1.13. The van der Waals surface area contributed by atoms with Crippen molar-refractivity contribution in [2.75, 3.05) is 0 Å². The van der Waals surface area contributed by atoms with Crippen LogP contribution in [0.5, 0.6) is 0 Å². The Labute approximate surface area is 197 Å². The van der Waals surface area contributed by atoms with Crippen LogP contribution in [0.4, 0.5) is 0 Å². The van der Waals surface area contributed by atoms with Gasteiger partial charge in [-0.2, -0.15) is 0 Å². The van der Waals surface area contributed by atoms with Crippen molar-refractivity contribution in [3.63, 3.8) is 0 Å². The number of benzene rings is 1. The first-order valence-electron chi connectivity index (χ1n) is 13.1. The predicted molar refractivity (Wildman–Crippen MR) is 128 cm³/mol. The average Bonchev–Trinajstić information content (AvgIpc) is 3.03. The van der Waals surface area contributed by atoms with Crippen molar-refractivity contribution in [1.29, 1.82) is 0 Å². The standard InChI is InChI=1S/C28H37N3O2/c1-17-7-10-25(26(32)29-17)31-16-22-12-19(8-9-23(22)27(31)33)11-21-5-3-4-6-24(21)30-18(2)28-13-20(14-28)15-28/h8-9,12,18,20-21,24-25,30H,1,3-7,10-11,13-16H2,2H3,(H,29,32)/t18?,20?,21-,24+,25?,28?/m1/s1. The molecule has 1 aromatic carbocycles. The van der Waals surface area contributed by atoms with Gasteiger partial charge < -0.3 is 15.5 Å². The maximum Gasteiger partial charge on any atom is 0.255 e. The first kappa shape index (κ1) is 21.4. The number of nitrogens with one attached hydrogen (secondary N) is 2. The predicted octanol–water partition coefficient (Wildman–Crippen LogP) is 4.31. The smallest absolute Gasteiger partial charge is 0.255 e. The fourth-order valence-electron chi connectivity index (χ4n) is 7.38. The summed E-state index contributed by atoms with van der Waals surface area (Å²) in [6.45, 7) is 6.82. The zero-order chi connectivity index (χ0) is 22.7. The number of hydrogen-bond donors (Lipinski definition) is 2. The largest absolute Gasteiger partial charge is 0.329 e. The van der Waals surface area contributed by atoms with Gasteiger partial charge >= 0.3 is 0 Å². The van der Waals surface area contributed by atoms with Crippen LogP contribution in [0, 0.1) is 17.3 Å². The topological polar surface area (TPSA) is 61.4 Å². The molecule has 0 radical (unpaired) electrons. The molecular formula is C28H37N3O2. The van der Waals surface area contributed by atoms with Crippen molar-refractivity contribution in [3.8, 4) is 0 Å². The molecule has 0 aromatic heterocycles. The summed E-state index contributed by atoms with van der Waals surface area (Å²) in [6.07, 6.45) is 12.0. The monoisotopic (exact) mass is 447 g/mol. The van der Waals surface area contributed by atoms with Crippen LogP contribution in [0.1, 0.15) is 86.2 Å². The number of nitrogens with zero attached hydrogens (tertiary/aromatic N) is 1. The Kier molecular flexibility index (Phi) is 5.17. The molecule has 2 N–H and O–H groups in total. The maximum atomic E-state index is 13.0. The second-order valence-corrected chi connectivity index (χ2v) is 11.7. The summed E-state index contributed by atoms with van der Waals surface area (Å²) in [5.41, 5.74) is 4.55. The number of carbonyl (C=O) groups is 2. The van der Waals surface area contributed by atoms with Gasteiger partial charge in [0.2, 0.25) is 5.91 Å². The van der Waals surface area contributed by atoms with Crippen LogP contribution in [-0.2, 0) is 17.8 Å². The molecule has 5 nitrogen and oxygen atoms in total. The molecule has 4 atom stereocenters. The summed E-state index contributed by atoms with van der Waals surface area (Å²) in [7, 11) is 0. The molecule has 5 heteroatoms. The second-order valence-electron chi connectivity index (χ2n) is 11.7. The third kappa shape index (κ3) is 3.63. The lowest BCUT2D eigenvalue weighted by atomic mass is 9.42. The summed E-state index contributed by atoms with van der Waals surface area (Å²) in [5, 5.41) is 6.90. The van der Waals surface area contributed by atoms with Gasteiger partial charge in [0.1, 0.15) is 6.04 Å². The van der Waals surface area contributed by atoms with E-state index in [-0.39, 0.29) is 17.9 Å². The first-order valence-corrected chi connectivity index (χ1v) is 13.1. The van der Waals surface area contributed by atoms with Crippen molar-refractivity contribution in [2.45, 2.75) is 95.8 Å². The normalized spacial score (nSPS) is 36.0. The summed E-state index contributed by atoms with van der Waals surface area (Å²) in [4.78, 5) is 27.3. The van der Waals surface area contributed by atoms with Crippen LogP contribution >= 0.6 is 0 Å². The van der Waals surface area contributed by atoms with Gasteiger partial charge in [-0.25, -0.2) is 0 Å². The van der Waals surface area contributed by atoms with Crippen LogP contribution in [0.3, 0.4) is 0 Å². The van der Waals surface area contributed by atoms with Crippen LogP contribution in [0.2, 0.25) is 0 Å². The van der Waals surface area contributed by atoms with Gasteiger partial charge in [-0.15, -0.1) is 0 Å². The molecule has 7 rings (SSSR count). The SMILES string of the molecule is C=C1CCC(N2Cc3cc(C[C@H]4CCCC[C@@H]4NC(C)C45CC(C4)C5)ccc3C2=O)C(=O)N1. The van der Waals surface area contributed by atoms with E-state index in [4.69, 9.17) is 0 Å². The molecule has 2 aliphatic heterocycles. The van der Waals surface area contributed by atoms with Gasteiger partial charge in [-0.3, -0.25) is 9.59 Å². The molecule has 0 spiro atoms. The molecule has 2 unspecified atom stereocenters. The highest BCUT2D eigenvalue weighted by atomic mass is 16.2. The molecule has 1 aromatic rings. The van der Waals surface area contributed by atoms with Gasteiger partial charge in [0, 0.05) is 29.9 Å². The fourth-order valence-corrected chi connectivity index (χ4v) is 7.38. The Morgan fingerprint density at radius 2 is 1.97 bits per heavy atom. The van der Waals surface area contributed by atoms with E-state index in [1.807, 2.05) is 6.07 Å². The van der Waals surface area contributed by atoms with E-state index in [0.29, 0.717) is 36.4 Å². The number of amides is 2. The van der Waals surface area contributed by atoms with Crippen LogP contribution in [0.25, 0.3) is 0 Å². The van der Waals surface area contributed by atoms with Gasteiger partial charge in [0.05, 0.1) is 0 Å². The lowest BCUT2D eigenvalue weighted by Crippen LogP contribution is -2.63. The zero-order valence-corrected chi connectivity index (χ0v) is 19.9. The van der Waals surface area contributed by atoms with E-state index >= 15 is 0 Å². The van der Waals surface area contributed by atoms with E-state index in [1.54, 1.807) is 4.90 Å². The van der Waals surface area contributed by atoms with Gasteiger partial charge in [-0.1, -0.05) is 31.6 Å². The highest BCUT2D eigenvalue weighted by molar-refractivity contribution is 6.01. The highest BCUT2D eigenvalue weighted by Gasteiger charge is 2.59. The van der Waals surface area contributed by atoms with Crippen molar-refractivity contribution in [2.24, 2.45) is 17.3 Å². The first-order chi connectivity index (χ1) is 15.9. The van der Waals surface area contributed by atoms with Crippen molar-refractivity contribution >= 4 is 11.8 Å². The number of fused-ring (bicyclic) bond motifs is 1. The Morgan fingerprint density at radius 1 is 1.18 bits per heavy atom. The Morgan fingerprint density at radius 3 is 2.70 bits per heavy atom. The summed E-state index contributed by atoms with van der Waals surface area (Å²) in [5.74, 6) is 1.59. The van der Waals surface area contributed by atoms with Crippen LogP contribution < -0.4 is 10.6 Å². The fraction of sp³-hybridized carbons (Fsp3) is 0.643.